The molecular weight excluding hydrogens is 282 g/mol. The standard InChI is InChI=1S/C16H21N3OS/c1-5-20-11-8-6-10(7-9-11)15-19-13(16(2,3)4)12(21-15)14(17)18/h6-9H,5H2,1-4H3,(H3,17,18). The van der Waals surface area contributed by atoms with Crippen LogP contribution in [0.5, 0.6) is 5.75 Å². The monoisotopic (exact) mass is 303 g/mol. The van der Waals surface area contributed by atoms with Gasteiger partial charge in [0, 0.05) is 11.0 Å². The number of ether oxygens (including phenoxy) is 1. The molecule has 1 heterocycles. The lowest BCUT2D eigenvalue weighted by Gasteiger charge is -2.16. The zero-order valence-corrected chi connectivity index (χ0v) is 13.7. The predicted octanol–water partition coefficient (Wildman–Crippen LogP) is 3.79. The van der Waals surface area contributed by atoms with Crippen molar-refractivity contribution >= 4 is 17.2 Å². The maximum absolute atomic E-state index is 7.75. The minimum Gasteiger partial charge on any atom is -0.494 e. The summed E-state index contributed by atoms with van der Waals surface area (Å²) in [5.74, 6) is 0.926. The second-order valence-electron chi connectivity index (χ2n) is 5.82. The van der Waals surface area contributed by atoms with Crippen molar-refractivity contribution in [2.45, 2.75) is 33.1 Å². The van der Waals surface area contributed by atoms with Crippen molar-refractivity contribution in [1.29, 1.82) is 5.41 Å². The molecule has 0 atom stereocenters. The SMILES string of the molecule is CCOc1ccc(-c2nc(C(C)(C)C)c(C(=N)N)s2)cc1. The highest BCUT2D eigenvalue weighted by molar-refractivity contribution is 7.17. The van der Waals surface area contributed by atoms with Crippen LogP contribution in [0, 0.1) is 5.41 Å². The van der Waals surface area contributed by atoms with Crippen LogP contribution < -0.4 is 10.5 Å². The molecule has 0 amide bonds. The van der Waals surface area contributed by atoms with E-state index in [2.05, 4.69) is 20.8 Å². The molecule has 0 aliphatic rings. The summed E-state index contributed by atoms with van der Waals surface area (Å²) < 4.78 is 5.45. The van der Waals surface area contributed by atoms with Crippen molar-refractivity contribution in [3.8, 4) is 16.3 Å². The van der Waals surface area contributed by atoms with Gasteiger partial charge >= 0.3 is 0 Å². The molecule has 0 saturated carbocycles. The van der Waals surface area contributed by atoms with Crippen molar-refractivity contribution in [2.24, 2.45) is 5.73 Å². The van der Waals surface area contributed by atoms with Gasteiger partial charge in [-0.05, 0) is 31.2 Å². The number of amidine groups is 1. The molecule has 0 aliphatic heterocycles. The van der Waals surface area contributed by atoms with E-state index in [0.717, 1.165) is 26.9 Å². The van der Waals surface area contributed by atoms with E-state index in [1.54, 1.807) is 0 Å². The maximum atomic E-state index is 7.75. The first-order chi connectivity index (χ1) is 9.82. The van der Waals surface area contributed by atoms with E-state index in [1.807, 2.05) is 31.2 Å². The van der Waals surface area contributed by atoms with Crippen LogP contribution in [-0.2, 0) is 5.41 Å². The lowest BCUT2D eigenvalue weighted by atomic mass is 9.91. The number of nitrogens with two attached hydrogens (primary N) is 1. The van der Waals surface area contributed by atoms with Gasteiger partial charge in [0.1, 0.15) is 16.6 Å². The fourth-order valence-corrected chi connectivity index (χ4v) is 3.14. The molecule has 0 spiro atoms. The molecule has 0 fully saturated rings. The molecule has 2 rings (SSSR count). The molecule has 0 radical (unpaired) electrons. The molecule has 0 saturated heterocycles. The molecule has 4 nitrogen and oxygen atoms in total. The second-order valence-corrected chi connectivity index (χ2v) is 6.82. The van der Waals surface area contributed by atoms with Crippen LogP contribution in [0.25, 0.3) is 10.6 Å². The largest absolute Gasteiger partial charge is 0.494 e. The van der Waals surface area contributed by atoms with Gasteiger partial charge in [0.2, 0.25) is 0 Å². The maximum Gasteiger partial charge on any atom is 0.135 e. The average molecular weight is 303 g/mol. The van der Waals surface area contributed by atoms with Gasteiger partial charge in [-0.15, -0.1) is 11.3 Å². The average Bonchev–Trinajstić information content (AvgIpc) is 2.85. The Morgan fingerprint density at radius 3 is 2.33 bits per heavy atom. The Bertz CT molecular complexity index is 639. The van der Waals surface area contributed by atoms with Crippen molar-refractivity contribution in [3.05, 3.63) is 34.8 Å². The Morgan fingerprint density at radius 1 is 1.29 bits per heavy atom. The third kappa shape index (κ3) is 3.42. The molecular formula is C16H21N3OS. The molecule has 1 aromatic heterocycles. The highest BCUT2D eigenvalue weighted by atomic mass is 32.1. The topological polar surface area (TPSA) is 72.0 Å². The molecule has 2 aromatic rings. The fraction of sp³-hybridized carbons (Fsp3) is 0.375. The molecule has 5 heteroatoms. The summed E-state index contributed by atoms with van der Waals surface area (Å²) in [4.78, 5) is 5.46. The van der Waals surface area contributed by atoms with E-state index in [9.17, 15) is 0 Å². The van der Waals surface area contributed by atoms with Crippen LogP contribution in [-0.4, -0.2) is 17.4 Å². The Labute approximate surface area is 129 Å². The summed E-state index contributed by atoms with van der Waals surface area (Å²) in [6, 6.07) is 7.84. The van der Waals surface area contributed by atoms with E-state index in [4.69, 9.17) is 20.9 Å². The Kier molecular flexibility index (Phi) is 4.32. The van der Waals surface area contributed by atoms with Crippen molar-refractivity contribution in [2.75, 3.05) is 6.61 Å². The number of benzene rings is 1. The van der Waals surface area contributed by atoms with Gasteiger partial charge in [-0.3, -0.25) is 5.41 Å². The van der Waals surface area contributed by atoms with E-state index < -0.39 is 0 Å². The molecule has 0 aliphatic carbocycles. The Balaban J connectivity index is 2.43. The van der Waals surface area contributed by atoms with Crippen LogP contribution >= 0.6 is 11.3 Å². The first kappa shape index (κ1) is 15.5. The summed E-state index contributed by atoms with van der Waals surface area (Å²) >= 11 is 1.47. The van der Waals surface area contributed by atoms with Crippen molar-refractivity contribution in [1.82, 2.24) is 4.98 Å². The number of aromatic nitrogens is 1. The van der Waals surface area contributed by atoms with E-state index in [1.165, 1.54) is 11.3 Å². The third-order valence-electron chi connectivity index (χ3n) is 2.99. The highest BCUT2D eigenvalue weighted by Gasteiger charge is 2.25. The summed E-state index contributed by atoms with van der Waals surface area (Å²) in [6.45, 7) is 8.85. The van der Waals surface area contributed by atoms with Crippen LogP contribution in [0.2, 0.25) is 0 Å². The molecule has 0 bridgehead atoms. The summed E-state index contributed by atoms with van der Waals surface area (Å²) in [5.41, 5.74) is 7.46. The number of nitrogen functional groups attached to an aromatic ring is 1. The smallest absolute Gasteiger partial charge is 0.135 e. The van der Waals surface area contributed by atoms with Crippen LogP contribution in [0.1, 0.15) is 38.3 Å². The Hall–Kier alpha value is -1.88. The normalized spacial score (nSPS) is 11.4. The van der Waals surface area contributed by atoms with Gasteiger partial charge in [-0.25, -0.2) is 4.98 Å². The number of thiazole rings is 1. The zero-order chi connectivity index (χ0) is 15.6. The van der Waals surface area contributed by atoms with Gasteiger partial charge in [0.05, 0.1) is 17.2 Å². The first-order valence-electron chi connectivity index (χ1n) is 6.92. The molecule has 112 valence electrons. The number of hydrogen-bond acceptors (Lipinski definition) is 4. The minimum absolute atomic E-state index is 0.0783. The number of nitrogens with zero attached hydrogens (tertiary/aromatic N) is 1. The zero-order valence-electron chi connectivity index (χ0n) is 12.9. The van der Waals surface area contributed by atoms with Crippen molar-refractivity contribution in [3.63, 3.8) is 0 Å². The molecule has 3 N–H and O–H groups in total. The van der Waals surface area contributed by atoms with E-state index in [-0.39, 0.29) is 11.3 Å². The molecule has 1 aromatic carbocycles. The Morgan fingerprint density at radius 2 is 1.90 bits per heavy atom. The summed E-state index contributed by atoms with van der Waals surface area (Å²) in [7, 11) is 0. The molecule has 0 unspecified atom stereocenters. The lowest BCUT2D eigenvalue weighted by molar-refractivity contribution is 0.340. The van der Waals surface area contributed by atoms with Crippen LogP contribution in [0.15, 0.2) is 24.3 Å². The van der Waals surface area contributed by atoms with Crippen LogP contribution in [0.3, 0.4) is 0 Å². The first-order valence-corrected chi connectivity index (χ1v) is 7.73. The number of hydrogen-bond donors (Lipinski definition) is 2. The second kappa shape index (κ2) is 5.85. The van der Waals surface area contributed by atoms with Gasteiger partial charge < -0.3 is 10.5 Å². The van der Waals surface area contributed by atoms with Crippen LogP contribution in [0.4, 0.5) is 0 Å². The number of nitrogens with one attached hydrogen (secondary N) is 1. The van der Waals surface area contributed by atoms with E-state index >= 15 is 0 Å². The summed E-state index contributed by atoms with van der Waals surface area (Å²) in [6.07, 6.45) is 0. The van der Waals surface area contributed by atoms with Gasteiger partial charge in [0.15, 0.2) is 0 Å². The summed E-state index contributed by atoms with van der Waals surface area (Å²) in [5, 5.41) is 8.63. The highest BCUT2D eigenvalue weighted by Crippen LogP contribution is 2.34. The fourth-order valence-electron chi connectivity index (χ4n) is 1.99. The quantitative estimate of drug-likeness (QED) is 0.666. The predicted molar refractivity (Wildman–Crippen MR) is 88.4 cm³/mol. The number of rotatable bonds is 4. The van der Waals surface area contributed by atoms with Gasteiger partial charge in [0.25, 0.3) is 0 Å². The minimum atomic E-state index is -0.138. The lowest BCUT2D eigenvalue weighted by Crippen LogP contribution is -2.19. The van der Waals surface area contributed by atoms with Gasteiger partial charge in [-0.2, -0.15) is 0 Å². The molecule has 21 heavy (non-hydrogen) atoms. The van der Waals surface area contributed by atoms with Crippen molar-refractivity contribution < 1.29 is 4.74 Å². The third-order valence-corrected chi connectivity index (χ3v) is 4.13. The van der Waals surface area contributed by atoms with Gasteiger partial charge in [-0.1, -0.05) is 20.8 Å². The van der Waals surface area contributed by atoms with E-state index in [0.29, 0.717) is 6.61 Å².